The van der Waals surface area contributed by atoms with Gasteiger partial charge >= 0.3 is 0 Å². The standard InChI is InChI=1S/C15H10O7.Gd/c16-7-4-10(19)12-11(5-7)22-15(14(21)13(12)20)6-1-2-8(17)9(18)3-6;/h1-5,16-19,21H;. The predicted octanol–water partition coefficient (Wildman–Crippen LogP) is 1.99. The maximum Gasteiger partial charge on any atom is 0.238 e. The topological polar surface area (TPSA) is 131 Å². The summed E-state index contributed by atoms with van der Waals surface area (Å²) in [5, 5.41) is 47.6. The second-order valence-corrected chi connectivity index (χ2v) is 4.65. The number of hydrogen-bond acceptors (Lipinski definition) is 7. The third-order valence-corrected chi connectivity index (χ3v) is 3.17. The van der Waals surface area contributed by atoms with Crippen molar-refractivity contribution in [2.24, 2.45) is 0 Å². The van der Waals surface area contributed by atoms with Crippen molar-refractivity contribution in [3.05, 3.63) is 40.6 Å². The zero-order valence-electron chi connectivity index (χ0n) is 11.3. The molecule has 0 amide bonds. The van der Waals surface area contributed by atoms with Crippen molar-refractivity contribution in [2.45, 2.75) is 0 Å². The van der Waals surface area contributed by atoms with Gasteiger partial charge in [0, 0.05) is 57.6 Å². The number of aromatic hydroxyl groups is 5. The van der Waals surface area contributed by atoms with E-state index in [-0.39, 0.29) is 73.7 Å². The Morgan fingerprint density at radius 1 is 0.826 bits per heavy atom. The van der Waals surface area contributed by atoms with E-state index in [1.54, 1.807) is 0 Å². The molecule has 0 unspecified atom stereocenters. The van der Waals surface area contributed by atoms with Crippen LogP contribution in [0.4, 0.5) is 0 Å². The molecule has 1 heterocycles. The molecule has 0 spiro atoms. The Labute approximate surface area is 160 Å². The number of fused-ring (bicyclic) bond motifs is 1. The van der Waals surface area contributed by atoms with Crippen molar-refractivity contribution in [3.8, 4) is 40.1 Å². The summed E-state index contributed by atoms with van der Waals surface area (Å²) in [6.07, 6.45) is 0. The normalized spacial score (nSPS) is 10.4. The van der Waals surface area contributed by atoms with Crippen molar-refractivity contribution in [2.75, 3.05) is 0 Å². The summed E-state index contributed by atoms with van der Waals surface area (Å²) in [6.45, 7) is 0. The van der Waals surface area contributed by atoms with Crippen LogP contribution in [0.5, 0.6) is 28.7 Å². The molecule has 3 rings (SSSR count). The van der Waals surface area contributed by atoms with Gasteiger partial charge in [-0.05, 0) is 18.2 Å². The number of phenolic OH excluding ortho intramolecular Hbond substituents is 4. The van der Waals surface area contributed by atoms with E-state index in [1.807, 2.05) is 0 Å². The summed E-state index contributed by atoms with van der Waals surface area (Å²) < 4.78 is 5.35. The Morgan fingerprint density at radius 2 is 1.52 bits per heavy atom. The van der Waals surface area contributed by atoms with E-state index in [9.17, 15) is 30.3 Å². The summed E-state index contributed by atoms with van der Waals surface area (Å²) in [5.74, 6) is -2.71. The van der Waals surface area contributed by atoms with Crippen LogP contribution >= 0.6 is 0 Å². The van der Waals surface area contributed by atoms with Crippen LogP contribution < -0.4 is 5.43 Å². The summed E-state index contributed by atoms with van der Waals surface area (Å²) in [6, 6.07) is 5.64. The fourth-order valence-electron chi connectivity index (χ4n) is 2.14. The largest absolute Gasteiger partial charge is 0.508 e. The number of hydrogen-bond donors (Lipinski definition) is 5. The van der Waals surface area contributed by atoms with Gasteiger partial charge in [-0.2, -0.15) is 0 Å². The molecule has 1 aromatic heterocycles. The molecule has 7 nitrogen and oxygen atoms in total. The fourth-order valence-corrected chi connectivity index (χ4v) is 2.14. The molecule has 8 heteroatoms. The van der Waals surface area contributed by atoms with Crippen molar-refractivity contribution in [3.63, 3.8) is 0 Å². The molecule has 2 aromatic carbocycles. The number of phenols is 4. The smallest absolute Gasteiger partial charge is 0.238 e. The van der Waals surface area contributed by atoms with Gasteiger partial charge in [0.2, 0.25) is 11.2 Å². The molecule has 0 aliphatic carbocycles. The van der Waals surface area contributed by atoms with Crippen LogP contribution in [0.3, 0.4) is 0 Å². The van der Waals surface area contributed by atoms with Gasteiger partial charge in [0.25, 0.3) is 0 Å². The van der Waals surface area contributed by atoms with Crippen LogP contribution in [0, 0.1) is 39.9 Å². The molecule has 0 aliphatic rings. The van der Waals surface area contributed by atoms with E-state index in [1.165, 1.54) is 6.07 Å². The second-order valence-electron chi connectivity index (χ2n) is 4.65. The molecule has 0 saturated carbocycles. The van der Waals surface area contributed by atoms with Gasteiger partial charge < -0.3 is 29.9 Å². The molecule has 0 aliphatic heterocycles. The van der Waals surface area contributed by atoms with Crippen LogP contribution in [0.25, 0.3) is 22.3 Å². The van der Waals surface area contributed by atoms with E-state index in [2.05, 4.69) is 0 Å². The summed E-state index contributed by atoms with van der Waals surface area (Å²) >= 11 is 0. The molecule has 23 heavy (non-hydrogen) atoms. The van der Waals surface area contributed by atoms with Gasteiger partial charge in [-0.25, -0.2) is 0 Å². The summed E-state index contributed by atoms with van der Waals surface area (Å²) in [5.41, 5.74) is -0.890. The third-order valence-electron chi connectivity index (χ3n) is 3.17. The Bertz CT molecular complexity index is 962. The monoisotopic (exact) mass is 460 g/mol. The first-order chi connectivity index (χ1) is 10.4. The van der Waals surface area contributed by atoms with Crippen molar-refractivity contribution in [1.82, 2.24) is 0 Å². The van der Waals surface area contributed by atoms with Crippen molar-refractivity contribution < 1.29 is 69.9 Å². The Kier molecular flexibility index (Phi) is 4.69. The first-order valence-corrected chi connectivity index (χ1v) is 6.12. The van der Waals surface area contributed by atoms with E-state index in [0.717, 1.165) is 24.3 Å². The molecular formula is C15H10GdO7. The van der Waals surface area contributed by atoms with Crippen molar-refractivity contribution >= 4 is 11.0 Å². The average Bonchev–Trinajstić information content (AvgIpc) is 2.45. The molecule has 120 valence electrons. The molecule has 0 saturated heterocycles. The van der Waals surface area contributed by atoms with Gasteiger partial charge in [0.1, 0.15) is 22.5 Å². The van der Waals surface area contributed by atoms with Crippen LogP contribution in [0.1, 0.15) is 0 Å². The van der Waals surface area contributed by atoms with Gasteiger partial charge in [0.15, 0.2) is 17.3 Å². The predicted molar refractivity (Wildman–Crippen MR) is 76.2 cm³/mol. The quantitative estimate of drug-likeness (QED) is 0.352. The van der Waals surface area contributed by atoms with E-state index in [4.69, 9.17) is 4.42 Å². The molecule has 0 radical (unpaired) electrons. The molecular weight excluding hydrogens is 449 g/mol. The van der Waals surface area contributed by atoms with E-state index >= 15 is 0 Å². The summed E-state index contributed by atoms with van der Waals surface area (Å²) in [4.78, 5) is 12.1. The van der Waals surface area contributed by atoms with Crippen LogP contribution in [0.15, 0.2) is 39.5 Å². The van der Waals surface area contributed by atoms with Gasteiger partial charge in [-0.3, -0.25) is 4.79 Å². The first-order valence-electron chi connectivity index (χ1n) is 6.12. The minimum atomic E-state index is -0.888. The third kappa shape index (κ3) is 2.92. The average molecular weight is 459 g/mol. The van der Waals surface area contributed by atoms with Crippen LogP contribution in [0.2, 0.25) is 0 Å². The first kappa shape index (κ1) is 17.3. The minimum absolute atomic E-state index is 0. The minimum Gasteiger partial charge on any atom is -0.508 e. The zero-order chi connectivity index (χ0) is 16.0. The van der Waals surface area contributed by atoms with Gasteiger partial charge in [-0.1, -0.05) is 0 Å². The Balaban J connectivity index is 0.00000192. The molecule has 0 bridgehead atoms. The van der Waals surface area contributed by atoms with Crippen molar-refractivity contribution in [1.29, 1.82) is 0 Å². The second kappa shape index (κ2) is 6.23. The molecule has 3 aromatic rings. The van der Waals surface area contributed by atoms with Gasteiger partial charge in [-0.15, -0.1) is 0 Å². The Morgan fingerprint density at radius 3 is 2.17 bits per heavy atom. The maximum absolute atomic E-state index is 12.1. The number of rotatable bonds is 1. The maximum atomic E-state index is 12.1. The van der Waals surface area contributed by atoms with E-state index < -0.39 is 22.7 Å². The molecule has 0 atom stereocenters. The van der Waals surface area contributed by atoms with Crippen LogP contribution in [-0.2, 0) is 0 Å². The zero-order valence-corrected chi connectivity index (χ0v) is 13.6. The van der Waals surface area contributed by atoms with Crippen LogP contribution in [-0.4, -0.2) is 25.5 Å². The van der Waals surface area contributed by atoms with Gasteiger partial charge in [0.05, 0.1) is 0 Å². The van der Waals surface area contributed by atoms with E-state index in [0.29, 0.717) is 0 Å². The Hall–Kier alpha value is -2.03. The number of benzene rings is 2. The SMILES string of the molecule is O=c1c(O)c(-c2ccc(O)c(O)c2)oc2cc(O)cc(O)c12.[Gd]. The molecule has 5 N–H and O–H groups in total. The summed E-state index contributed by atoms with van der Waals surface area (Å²) in [7, 11) is 0. The fraction of sp³-hybridized carbons (Fsp3) is 0. The molecule has 0 fully saturated rings.